The molecule has 1 aromatic heterocycles. The molecule has 5 nitrogen and oxygen atoms in total. The Bertz CT molecular complexity index is 650. The predicted molar refractivity (Wildman–Crippen MR) is 73.3 cm³/mol. The molecule has 0 saturated carbocycles. The van der Waals surface area contributed by atoms with E-state index in [-0.39, 0.29) is 18.0 Å². The van der Waals surface area contributed by atoms with Crippen molar-refractivity contribution < 1.29 is 4.79 Å². The molecule has 2 aromatic rings. The second-order valence-corrected chi connectivity index (χ2v) is 4.49. The average Bonchev–Trinajstić information content (AvgIpc) is 2.36. The third-order valence-corrected chi connectivity index (χ3v) is 2.71. The van der Waals surface area contributed by atoms with Crippen molar-refractivity contribution in [3.05, 3.63) is 57.7 Å². The lowest BCUT2D eigenvalue weighted by Crippen LogP contribution is -2.27. The van der Waals surface area contributed by atoms with Gasteiger partial charge in [-0.2, -0.15) is 0 Å². The summed E-state index contributed by atoms with van der Waals surface area (Å²) < 4.78 is 1.25. The fourth-order valence-corrected chi connectivity index (χ4v) is 1.65. The van der Waals surface area contributed by atoms with Gasteiger partial charge < -0.3 is 5.32 Å². The van der Waals surface area contributed by atoms with Gasteiger partial charge in [-0.1, -0.05) is 11.6 Å². The van der Waals surface area contributed by atoms with Crippen molar-refractivity contribution in [1.82, 2.24) is 9.55 Å². The molecule has 1 amide bonds. The number of amides is 1. The molecular weight excluding hydrogens is 266 g/mol. The van der Waals surface area contributed by atoms with Gasteiger partial charge in [0.15, 0.2) is 0 Å². The molecule has 98 valence electrons. The first-order chi connectivity index (χ1) is 9.04. The topological polar surface area (TPSA) is 64.0 Å². The Morgan fingerprint density at radius 2 is 2.05 bits per heavy atom. The van der Waals surface area contributed by atoms with Crippen molar-refractivity contribution in [2.24, 2.45) is 0 Å². The maximum absolute atomic E-state index is 11.8. The molecule has 0 aliphatic rings. The van der Waals surface area contributed by atoms with Gasteiger partial charge in [0.25, 0.3) is 5.56 Å². The molecule has 1 N–H and O–H groups in total. The maximum Gasteiger partial charge on any atom is 0.253 e. The van der Waals surface area contributed by atoms with Gasteiger partial charge >= 0.3 is 0 Å². The maximum atomic E-state index is 11.8. The van der Waals surface area contributed by atoms with Crippen LogP contribution in [-0.4, -0.2) is 15.5 Å². The van der Waals surface area contributed by atoms with E-state index in [0.717, 1.165) is 0 Å². The largest absolute Gasteiger partial charge is 0.325 e. The van der Waals surface area contributed by atoms with Crippen LogP contribution in [0.15, 0.2) is 41.5 Å². The Balaban J connectivity index is 2.05. The van der Waals surface area contributed by atoms with Crippen molar-refractivity contribution in [2.45, 2.75) is 13.5 Å². The number of rotatable bonds is 3. The number of aromatic nitrogens is 2. The minimum Gasteiger partial charge on any atom is -0.325 e. The lowest BCUT2D eigenvalue weighted by atomic mass is 10.3. The van der Waals surface area contributed by atoms with Crippen molar-refractivity contribution in [3.8, 4) is 0 Å². The molecule has 1 aromatic carbocycles. The number of halogens is 1. The van der Waals surface area contributed by atoms with E-state index in [1.807, 2.05) is 0 Å². The van der Waals surface area contributed by atoms with Crippen molar-refractivity contribution in [2.75, 3.05) is 5.32 Å². The van der Waals surface area contributed by atoms with Crippen LogP contribution in [0.5, 0.6) is 0 Å². The van der Waals surface area contributed by atoms with E-state index < -0.39 is 0 Å². The van der Waals surface area contributed by atoms with Crippen LogP contribution in [0.1, 0.15) is 5.69 Å². The summed E-state index contributed by atoms with van der Waals surface area (Å²) in [4.78, 5) is 27.3. The van der Waals surface area contributed by atoms with Gasteiger partial charge in [0.1, 0.15) is 6.54 Å². The molecule has 0 fully saturated rings. The summed E-state index contributed by atoms with van der Waals surface area (Å²) in [7, 11) is 0. The highest BCUT2D eigenvalue weighted by Gasteiger charge is 2.05. The van der Waals surface area contributed by atoms with Crippen LogP contribution in [0.3, 0.4) is 0 Å². The second-order valence-electron chi connectivity index (χ2n) is 4.05. The van der Waals surface area contributed by atoms with Crippen molar-refractivity contribution >= 4 is 23.2 Å². The van der Waals surface area contributed by atoms with E-state index in [0.29, 0.717) is 16.4 Å². The highest BCUT2D eigenvalue weighted by molar-refractivity contribution is 6.30. The zero-order valence-corrected chi connectivity index (χ0v) is 11.0. The molecule has 0 radical (unpaired) electrons. The van der Waals surface area contributed by atoms with E-state index in [1.165, 1.54) is 17.0 Å². The summed E-state index contributed by atoms with van der Waals surface area (Å²) in [5.41, 5.74) is 1.00. The number of hydrogen-bond acceptors (Lipinski definition) is 3. The molecule has 1 heterocycles. The van der Waals surface area contributed by atoms with E-state index in [4.69, 9.17) is 11.6 Å². The molecule has 2 rings (SSSR count). The second kappa shape index (κ2) is 5.67. The Morgan fingerprint density at radius 1 is 1.37 bits per heavy atom. The Hall–Kier alpha value is -2.14. The first kappa shape index (κ1) is 13.3. The summed E-state index contributed by atoms with van der Waals surface area (Å²) in [5.74, 6) is -0.296. The number of carbonyl (C=O) groups excluding carboxylic acids is 1. The highest BCUT2D eigenvalue weighted by Crippen LogP contribution is 2.13. The summed E-state index contributed by atoms with van der Waals surface area (Å²) >= 11 is 5.75. The van der Waals surface area contributed by atoms with Crippen LogP contribution in [-0.2, 0) is 11.3 Å². The monoisotopic (exact) mass is 277 g/mol. The van der Waals surface area contributed by atoms with Crippen LogP contribution in [0, 0.1) is 6.92 Å². The lowest BCUT2D eigenvalue weighted by Gasteiger charge is -2.07. The molecule has 0 unspecified atom stereocenters. The third kappa shape index (κ3) is 3.66. The molecule has 0 spiro atoms. The molecule has 0 aliphatic heterocycles. The number of nitrogens with zero attached hydrogens (tertiary/aromatic N) is 2. The van der Waals surface area contributed by atoms with Gasteiger partial charge in [0, 0.05) is 22.5 Å². The van der Waals surface area contributed by atoms with Crippen LogP contribution in [0.25, 0.3) is 0 Å². The molecule has 0 bridgehead atoms. The first-order valence-corrected chi connectivity index (χ1v) is 6.01. The van der Waals surface area contributed by atoms with Gasteiger partial charge in [-0.05, 0) is 31.2 Å². The van der Waals surface area contributed by atoms with E-state index >= 15 is 0 Å². The Morgan fingerprint density at radius 3 is 2.68 bits per heavy atom. The fourth-order valence-electron chi connectivity index (χ4n) is 1.52. The minimum absolute atomic E-state index is 0.0747. The van der Waals surface area contributed by atoms with Gasteiger partial charge in [-0.25, -0.2) is 4.98 Å². The predicted octanol–water partition coefficient (Wildman–Crippen LogP) is 1.84. The number of carbonyl (C=O) groups is 1. The number of nitrogens with one attached hydrogen (secondary N) is 1. The normalized spacial score (nSPS) is 10.2. The zero-order chi connectivity index (χ0) is 13.8. The van der Waals surface area contributed by atoms with Gasteiger partial charge in [0.2, 0.25) is 5.91 Å². The van der Waals surface area contributed by atoms with E-state index in [1.54, 1.807) is 31.2 Å². The summed E-state index contributed by atoms with van der Waals surface area (Å²) in [6.45, 7) is 1.65. The third-order valence-electron chi connectivity index (χ3n) is 2.46. The average molecular weight is 278 g/mol. The van der Waals surface area contributed by atoms with Crippen molar-refractivity contribution in [1.29, 1.82) is 0 Å². The molecule has 6 heteroatoms. The lowest BCUT2D eigenvalue weighted by molar-refractivity contribution is -0.116. The number of aryl methyl sites for hydroxylation is 1. The van der Waals surface area contributed by atoms with Crippen LogP contribution in [0.2, 0.25) is 5.02 Å². The number of hydrogen-bond donors (Lipinski definition) is 1. The SMILES string of the molecule is Cc1cc(=O)n(CC(=O)Nc2ccc(Cl)cc2)cn1. The van der Waals surface area contributed by atoms with Gasteiger partial charge in [0.05, 0.1) is 6.33 Å². The fraction of sp³-hybridized carbons (Fsp3) is 0.154. The standard InChI is InChI=1S/C13H12ClN3O2/c1-9-6-13(19)17(8-15-9)7-12(18)16-11-4-2-10(14)3-5-11/h2-6,8H,7H2,1H3,(H,16,18). The summed E-state index contributed by atoms with van der Waals surface area (Å²) in [6.07, 6.45) is 1.36. The Labute approximate surface area is 114 Å². The molecule has 0 saturated heterocycles. The summed E-state index contributed by atoms with van der Waals surface area (Å²) in [5, 5.41) is 3.27. The molecular formula is C13H12ClN3O2. The molecule has 0 aliphatic carbocycles. The summed E-state index contributed by atoms with van der Waals surface area (Å²) in [6, 6.07) is 8.12. The van der Waals surface area contributed by atoms with Crippen LogP contribution < -0.4 is 10.9 Å². The number of benzene rings is 1. The van der Waals surface area contributed by atoms with Crippen molar-refractivity contribution in [3.63, 3.8) is 0 Å². The zero-order valence-electron chi connectivity index (χ0n) is 10.3. The smallest absolute Gasteiger partial charge is 0.253 e. The minimum atomic E-state index is -0.296. The Kier molecular flexibility index (Phi) is 3.97. The van der Waals surface area contributed by atoms with E-state index in [9.17, 15) is 9.59 Å². The molecule has 0 atom stereocenters. The number of anilines is 1. The highest BCUT2D eigenvalue weighted by atomic mass is 35.5. The van der Waals surface area contributed by atoms with Crippen LogP contribution >= 0.6 is 11.6 Å². The van der Waals surface area contributed by atoms with E-state index in [2.05, 4.69) is 10.3 Å². The van der Waals surface area contributed by atoms with Gasteiger partial charge in [-0.15, -0.1) is 0 Å². The quantitative estimate of drug-likeness (QED) is 0.931. The van der Waals surface area contributed by atoms with Crippen LogP contribution in [0.4, 0.5) is 5.69 Å². The molecule has 19 heavy (non-hydrogen) atoms. The first-order valence-electron chi connectivity index (χ1n) is 5.63. The van der Waals surface area contributed by atoms with Gasteiger partial charge in [-0.3, -0.25) is 14.2 Å².